The van der Waals surface area contributed by atoms with E-state index in [-0.39, 0.29) is 16.1 Å². The van der Waals surface area contributed by atoms with Crippen LogP contribution in [0.3, 0.4) is 0 Å². The summed E-state index contributed by atoms with van der Waals surface area (Å²) in [5.74, 6) is 0.748. The van der Waals surface area contributed by atoms with E-state index in [2.05, 4.69) is 11.9 Å². The van der Waals surface area contributed by atoms with Gasteiger partial charge in [-0.15, -0.1) is 0 Å². The van der Waals surface area contributed by atoms with Gasteiger partial charge < -0.3 is 0 Å². The average molecular weight is 317 g/mol. The molecular formula is C14H21ClN2O2S. The van der Waals surface area contributed by atoms with E-state index in [1.807, 2.05) is 0 Å². The Morgan fingerprint density at radius 2 is 2.00 bits per heavy atom. The molecule has 20 heavy (non-hydrogen) atoms. The number of hydrogen-bond donors (Lipinski definition) is 0. The first-order valence-corrected chi connectivity index (χ1v) is 8.86. The highest BCUT2D eigenvalue weighted by molar-refractivity contribution is 7.89. The smallest absolute Gasteiger partial charge is 0.243 e. The van der Waals surface area contributed by atoms with Gasteiger partial charge in [-0.2, -0.15) is 4.31 Å². The molecule has 0 N–H and O–H groups in total. The molecule has 1 saturated carbocycles. The summed E-state index contributed by atoms with van der Waals surface area (Å²) in [6.07, 6.45) is 6.70. The minimum Gasteiger partial charge on any atom is -0.244 e. The minimum atomic E-state index is -3.48. The maximum Gasteiger partial charge on any atom is 0.243 e. The van der Waals surface area contributed by atoms with E-state index in [4.69, 9.17) is 11.6 Å². The lowest BCUT2D eigenvalue weighted by Crippen LogP contribution is -2.39. The number of hydrogen-bond acceptors (Lipinski definition) is 3. The summed E-state index contributed by atoms with van der Waals surface area (Å²) >= 11 is 5.79. The molecule has 112 valence electrons. The predicted octanol–water partition coefficient (Wildman–Crippen LogP) is 3.32. The van der Waals surface area contributed by atoms with Crippen molar-refractivity contribution in [1.82, 2.24) is 9.29 Å². The highest BCUT2D eigenvalue weighted by atomic mass is 35.5. The zero-order valence-corrected chi connectivity index (χ0v) is 13.5. The fourth-order valence-electron chi connectivity index (χ4n) is 2.82. The Balaban J connectivity index is 2.14. The molecule has 1 aliphatic carbocycles. The monoisotopic (exact) mass is 316 g/mol. The van der Waals surface area contributed by atoms with E-state index in [0.717, 1.165) is 31.6 Å². The molecule has 0 spiro atoms. The molecule has 4 nitrogen and oxygen atoms in total. The quantitative estimate of drug-likeness (QED) is 0.801. The van der Waals surface area contributed by atoms with E-state index in [1.54, 1.807) is 7.05 Å². The van der Waals surface area contributed by atoms with Crippen LogP contribution in [0.15, 0.2) is 23.2 Å². The van der Waals surface area contributed by atoms with Gasteiger partial charge in [0.15, 0.2) is 0 Å². The molecule has 1 aromatic rings. The van der Waals surface area contributed by atoms with Crippen molar-refractivity contribution in [2.24, 2.45) is 5.92 Å². The summed E-state index contributed by atoms with van der Waals surface area (Å²) in [4.78, 5) is 4.05. The molecular weight excluding hydrogens is 296 g/mol. The van der Waals surface area contributed by atoms with Gasteiger partial charge in [0, 0.05) is 19.3 Å². The molecule has 0 aliphatic heterocycles. The second-order valence-electron chi connectivity index (χ2n) is 5.42. The van der Waals surface area contributed by atoms with Crippen molar-refractivity contribution in [2.45, 2.75) is 50.0 Å². The minimum absolute atomic E-state index is 0.0924. The topological polar surface area (TPSA) is 50.3 Å². The lowest BCUT2D eigenvalue weighted by molar-refractivity contribution is 0.233. The fourth-order valence-corrected chi connectivity index (χ4v) is 4.49. The summed E-state index contributed by atoms with van der Waals surface area (Å²) in [5.41, 5.74) is 0. The highest BCUT2D eigenvalue weighted by Crippen LogP contribution is 2.31. The molecule has 1 aromatic heterocycles. The number of sulfonamides is 1. The first-order chi connectivity index (χ1) is 9.45. The van der Waals surface area contributed by atoms with Crippen LogP contribution >= 0.6 is 11.6 Å². The van der Waals surface area contributed by atoms with Gasteiger partial charge in [-0.25, -0.2) is 13.4 Å². The van der Waals surface area contributed by atoms with E-state index in [9.17, 15) is 8.42 Å². The zero-order valence-electron chi connectivity index (χ0n) is 11.9. The Kier molecular flexibility index (Phi) is 5.04. The van der Waals surface area contributed by atoms with Crippen LogP contribution in [0.2, 0.25) is 5.15 Å². The maximum atomic E-state index is 12.6. The van der Waals surface area contributed by atoms with Gasteiger partial charge in [0.25, 0.3) is 0 Å². The van der Waals surface area contributed by atoms with Crippen molar-refractivity contribution in [2.75, 3.05) is 7.05 Å². The van der Waals surface area contributed by atoms with Crippen LogP contribution in [0.5, 0.6) is 0 Å². The van der Waals surface area contributed by atoms with Gasteiger partial charge in [-0.1, -0.05) is 24.9 Å². The highest BCUT2D eigenvalue weighted by Gasteiger charge is 2.31. The second-order valence-corrected chi connectivity index (χ2v) is 7.80. The standard InChI is InChI=1S/C14H21ClN2O2S/c1-3-11-4-6-12(7-5-11)17(2)20(18,19)13-8-9-16-14(15)10-13/h8-12H,3-7H2,1-2H3. The van der Waals surface area contributed by atoms with Gasteiger partial charge in [-0.05, 0) is 43.7 Å². The largest absolute Gasteiger partial charge is 0.244 e. The Morgan fingerprint density at radius 1 is 1.35 bits per heavy atom. The summed E-state index contributed by atoms with van der Waals surface area (Å²) < 4.78 is 26.7. The first kappa shape index (κ1) is 15.7. The van der Waals surface area contributed by atoms with Crippen LogP contribution < -0.4 is 0 Å². The van der Waals surface area contributed by atoms with Crippen LogP contribution in [0.4, 0.5) is 0 Å². The van der Waals surface area contributed by atoms with Crippen LogP contribution in [0, 0.1) is 5.92 Å². The molecule has 0 saturated heterocycles. The molecule has 0 bridgehead atoms. The Bertz CT molecular complexity index is 554. The fraction of sp³-hybridized carbons (Fsp3) is 0.643. The zero-order chi connectivity index (χ0) is 14.8. The summed E-state index contributed by atoms with van der Waals surface area (Å²) in [6.45, 7) is 2.20. The third-order valence-electron chi connectivity index (χ3n) is 4.28. The van der Waals surface area contributed by atoms with Gasteiger partial charge in [0.05, 0.1) is 4.90 Å². The third kappa shape index (κ3) is 3.32. The van der Waals surface area contributed by atoms with Crippen LogP contribution in [0.25, 0.3) is 0 Å². The SMILES string of the molecule is CCC1CCC(N(C)S(=O)(=O)c2ccnc(Cl)c2)CC1. The number of rotatable bonds is 4. The van der Waals surface area contributed by atoms with Gasteiger partial charge >= 0.3 is 0 Å². The molecule has 1 aliphatic rings. The van der Waals surface area contributed by atoms with Crippen LogP contribution in [-0.4, -0.2) is 30.8 Å². The predicted molar refractivity (Wildman–Crippen MR) is 80.2 cm³/mol. The summed E-state index contributed by atoms with van der Waals surface area (Å²) in [5, 5.41) is 0.203. The maximum absolute atomic E-state index is 12.6. The number of aromatic nitrogens is 1. The Hall–Kier alpha value is -0.650. The van der Waals surface area contributed by atoms with E-state index < -0.39 is 10.0 Å². The van der Waals surface area contributed by atoms with Crippen LogP contribution in [-0.2, 0) is 10.0 Å². The van der Waals surface area contributed by atoms with Crippen molar-refractivity contribution < 1.29 is 8.42 Å². The van der Waals surface area contributed by atoms with Crippen LogP contribution in [0.1, 0.15) is 39.0 Å². The third-order valence-corrected chi connectivity index (χ3v) is 6.40. The number of pyridine rings is 1. The Labute approximate surface area is 126 Å². The normalized spacial score (nSPS) is 24.0. The average Bonchev–Trinajstić information content (AvgIpc) is 2.46. The summed E-state index contributed by atoms with van der Waals surface area (Å²) in [6, 6.07) is 3.00. The molecule has 0 amide bonds. The van der Waals surface area contributed by atoms with E-state index >= 15 is 0 Å². The lowest BCUT2D eigenvalue weighted by Gasteiger charge is -2.33. The molecule has 0 aromatic carbocycles. The van der Waals surface area contributed by atoms with Gasteiger partial charge in [0.1, 0.15) is 5.15 Å². The Morgan fingerprint density at radius 3 is 2.55 bits per heavy atom. The van der Waals surface area contributed by atoms with Crippen molar-refractivity contribution in [1.29, 1.82) is 0 Å². The van der Waals surface area contributed by atoms with Crippen molar-refractivity contribution in [3.05, 3.63) is 23.5 Å². The molecule has 0 radical (unpaired) electrons. The first-order valence-electron chi connectivity index (χ1n) is 7.04. The second kappa shape index (κ2) is 6.41. The number of nitrogens with zero attached hydrogens (tertiary/aromatic N) is 2. The van der Waals surface area contributed by atoms with Crippen molar-refractivity contribution >= 4 is 21.6 Å². The van der Waals surface area contributed by atoms with E-state index in [1.165, 1.54) is 29.1 Å². The lowest BCUT2D eigenvalue weighted by atomic mass is 9.85. The van der Waals surface area contributed by atoms with Gasteiger partial charge in [0.2, 0.25) is 10.0 Å². The van der Waals surface area contributed by atoms with Crippen molar-refractivity contribution in [3.63, 3.8) is 0 Å². The summed E-state index contributed by atoms with van der Waals surface area (Å²) in [7, 11) is -1.81. The van der Waals surface area contributed by atoms with Gasteiger partial charge in [-0.3, -0.25) is 0 Å². The van der Waals surface area contributed by atoms with E-state index in [0.29, 0.717) is 0 Å². The molecule has 1 fully saturated rings. The molecule has 1 heterocycles. The molecule has 0 unspecified atom stereocenters. The molecule has 0 atom stereocenters. The number of halogens is 1. The molecule has 2 rings (SSSR count). The van der Waals surface area contributed by atoms with Crippen molar-refractivity contribution in [3.8, 4) is 0 Å². The molecule has 6 heteroatoms.